The summed E-state index contributed by atoms with van der Waals surface area (Å²) >= 11 is 0. The van der Waals surface area contributed by atoms with Gasteiger partial charge in [-0.3, -0.25) is 19.2 Å². The SMILES string of the molecule is CCOC(=O)C1CCN(C(=O)COC(=O)Cc2ccc(NC(C)=O)cc2)CC1. The van der Waals surface area contributed by atoms with Crippen molar-refractivity contribution in [3.63, 3.8) is 0 Å². The standard InChI is InChI=1S/C20H26N2O6/c1-3-27-20(26)16-8-10-22(11-9-16)18(24)13-28-19(25)12-15-4-6-17(7-5-15)21-14(2)23/h4-7,16H,3,8-13H2,1-2H3,(H,21,23). The van der Waals surface area contributed by atoms with Crippen LogP contribution in [0.4, 0.5) is 5.69 Å². The summed E-state index contributed by atoms with van der Waals surface area (Å²) in [6, 6.07) is 6.83. The Balaban J connectivity index is 1.72. The number of benzene rings is 1. The van der Waals surface area contributed by atoms with E-state index in [9.17, 15) is 19.2 Å². The number of ether oxygens (including phenoxy) is 2. The number of carbonyl (C=O) groups is 4. The van der Waals surface area contributed by atoms with Crippen LogP contribution in [0.1, 0.15) is 32.3 Å². The van der Waals surface area contributed by atoms with E-state index in [4.69, 9.17) is 9.47 Å². The van der Waals surface area contributed by atoms with Crippen molar-refractivity contribution in [3.8, 4) is 0 Å². The number of nitrogens with zero attached hydrogens (tertiary/aromatic N) is 1. The summed E-state index contributed by atoms with van der Waals surface area (Å²) in [4.78, 5) is 48.5. The highest BCUT2D eigenvalue weighted by molar-refractivity contribution is 5.88. The first kappa shape index (κ1) is 21.4. The number of hydrogen-bond acceptors (Lipinski definition) is 6. The molecule has 1 aliphatic heterocycles. The predicted octanol–water partition coefficient (Wildman–Crippen LogP) is 1.53. The van der Waals surface area contributed by atoms with Crippen molar-refractivity contribution in [1.82, 2.24) is 4.90 Å². The van der Waals surface area contributed by atoms with Gasteiger partial charge < -0.3 is 19.7 Å². The summed E-state index contributed by atoms with van der Waals surface area (Å²) in [7, 11) is 0. The molecule has 1 saturated heterocycles. The van der Waals surface area contributed by atoms with Gasteiger partial charge in [-0.15, -0.1) is 0 Å². The zero-order valence-electron chi connectivity index (χ0n) is 16.2. The summed E-state index contributed by atoms with van der Waals surface area (Å²) in [6.07, 6.45) is 1.15. The Labute approximate surface area is 164 Å². The van der Waals surface area contributed by atoms with Crippen LogP contribution < -0.4 is 5.32 Å². The Morgan fingerprint density at radius 3 is 2.29 bits per heavy atom. The maximum atomic E-state index is 12.2. The average molecular weight is 390 g/mol. The zero-order valence-corrected chi connectivity index (χ0v) is 16.2. The number of piperidine rings is 1. The highest BCUT2D eigenvalue weighted by Gasteiger charge is 2.28. The molecule has 152 valence electrons. The predicted molar refractivity (Wildman–Crippen MR) is 101 cm³/mol. The normalized spacial score (nSPS) is 14.3. The Kier molecular flexibility index (Phi) is 7.98. The molecule has 8 heteroatoms. The van der Waals surface area contributed by atoms with Gasteiger partial charge in [-0.25, -0.2) is 0 Å². The van der Waals surface area contributed by atoms with Gasteiger partial charge >= 0.3 is 11.9 Å². The van der Waals surface area contributed by atoms with E-state index in [1.54, 1.807) is 36.1 Å². The van der Waals surface area contributed by atoms with E-state index in [0.29, 0.717) is 38.2 Å². The van der Waals surface area contributed by atoms with Gasteiger partial charge in [0.2, 0.25) is 5.91 Å². The van der Waals surface area contributed by atoms with Crippen molar-refractivity contribution in [2.24, 2.45) is 5.92 Å². The molecule has 0 radical (unpaired) electrons. The van der Waals surface area contributed by atoms with Crippen LogP contribution in [0.15, 0.2) is 24.3 Å². The summed E-state index contributed by atoms with van der Waals surface area (Å²) in [5.41, 5.74) is 1.37. The lowest BCUT2D eigenvalue weighted by molar-refractivity contribution is -0.154. The van der Waals surface area contributed by atoms with E-state index in [1.165, 1.54) is 6.92 Å². The number of rotatable bonds is 7. The van der Waals surface area contributed by atoms with Gasteiger partial charge in [0.05, 0.1) is 18.9 Å². The van der Waals surface area contributed by atoms with Crippen LogP contribution in [-0.4, -0.2) is 55.0 Å². The molecule has 1 heterocycles. The molecule has 0 saturated carbocycles. The van der Waals surface area contributed by atoms with Crippen molar-refractivity contribution < 1.29 is 28.7 Å². The Morgan fingerprint density at radius 2 is 1.71 bits per heavy atom. The molecule has 0 aliphatic carbocycles. The maximum absolute atomic E-state index is 12.2. The van der Waals surface area contributed by atoms with E-state index in [1.807, 2.05) is 0 Å². The number of anilines is 1. The quantitative estimate of drug-likeness (QED) is 0.709. The van der Waals surface area contributed by atoms with Crippen LogP contribution in [0.2, 0.25) is 0 Å². The topological polar surface area (TPSA) is 102 Å². The molecule has 2 rings (SSSR count). The fourth-order valence-electron chi connectivity index (χ4n) is 2.99. The van der Waals surface area contributed by atoms with Gasteiger partial charge in [0, 0.05) is 25.7 Å². The van der Waals surface area contributed by atoms with E-state index in [-0.39, 0.29) is 36.7 Å². The summed E-state index contributed by atoms with van der Waals surface area (Å²) in [5.74, 6) is -1.33. The molecular formula is C20H26N2O6. The summed E-state index contributed by atoms with van der Waals surface area (Å²) in [5, 5.41) is 2.64. The molecular weight excluding hydrogens is 364 g/mol. The second kappa shape index (κ2) is 10.4. The molecule has 28 heavy (non-hydrogen) atoms. The van der Waals surface area contributed by atoms with Crippen molar-refractivity contribution in [2.75, 3.05) is 31.6 Å². The molecule has 1 fully saturated rings. The second-order valence-electron chi connectivity index (χ2n) is 6.62. The first-order chi connectivity index (χ1) is 13.4. The minimum absolute atomic E-state index is 0.0402. The van der Waals surface area contributed by atoms with Crippen LogP contribution >= 0.6 is 0 Å². The molecule has 0 bridgehead atoms. The van der Waals surface area contributed by atoms with Crippen molar-refractivity contribution in [2.45, 2.75) is 33.1 Å². The molecule has 0 unspecified atom stereocenters. The lowest BCUT2D eigenvalue weighted by Crippen LogP contribution is -2.42. The van der Waals surface area contributed by atoms with Gasteiger partial charge in [0.15, 0.2) is 6.61 Å². The maximum Gasteiger partial charge on any atom is 0.310 e. The third-order valence-electron chi connectivity index (χ3n) is 4.45. The zero-order chi connectivity index (χ0) is 20.5. The number of hydrogen-bond donors (Lipinski definition) is 1. The summed E-state index contributed by atoms with van der Waals surface area (Å²) < 4.78 is 10.1. The largest absolute Gasteiger partial charge is 0.466 e. The molecule has 1 aliphatic rings. The smallest absolute Gasteiger partial charge is 0.310 e. The minimum atomic E-state index is -0.498. The van der Waals surface area contributed by atoms with Gasteiger partial charge in [-0.2, -0.15) is 0 Å². The van der Waals surface area contributed by atoms with E-state index >= 15 is 0 Å². The number of amides is 2. The number of nitrogens with one attached hydrogen (secondary N) is 1. The van der Waals surface area contributed by atoms with Crippen LogP contribution in [0, 0.1) is 5.92 Å². The van der Waals surface area contributed by atoms with E-state index in [2.05, 4.69) is 5.32 Å². The Morgan fingerprint density at radius 1 is 1.07 bits per heavy atom. The van der Waals surface area contributed by atoms with Gasteiger partial charge in [0.25, 0.3) is 5.91 Å². The lowest BCUT2D eigenvalue weighted by Gasteiger charge is -2.30. The fourth-order valence-corrected chi connectivity index (χ4v) is 2.99. The van der Waals surface area contributed by atoms with Crippen molar-refractivity contribution in [1.29, 1.82) is 0 Å². The first-order valence-electron chi connectivity index (χ1n) is 9.35. The molecule has 8 nitrogen and oxygen atoms in total. The summed E-state index contributed by atoms with van der Waals surface area (Å²) in [6.45, 7) is 4.12. The van der Waals surface area contributed by atoms with Gasteiger partial charge in [-0.1, -0.05) is 12.1 Å². The lowest BCUT2D eigenvalue weighted by atomic mass is 9.97. The first-order valence-corrected chi connectivity index (χ1v) is 9.35. The van der Waals surface area contributed by atoms with Gasteiger partial charge in [-0.05, 0) is 37.5 Å². The third-order valence-corrected chi connectivity index (χ3v) is 4.45. The van der Waals surface area contributed by atoms with Gasteiger partial charge in [0.1, 0.15) is 0 Å². The Hall–Kier alpha value is -2.90. The van der Waals surface area contributed by atoms with E-state index in [0.717, 1.165) is 5.56 Å². The highest BCUT2D eigenvalue weighted by Crippen LogP contribution is 2.19. The van der Waals surface area contributed by atoms with Crippen molar-refractivity contribution in [3.05, 3.63) is 29.8 Å². The second-order valence-corrected chi connectivity index (χ2v) is 6.62. The number of likely N-dealkylation sites (tertiary alicyclic amines) is 1. The van der Waals surface area contributed by atoms with Crippen LogP contribution in [0.3, 0.4) is 0 Å². The molecule has 0 atom stereocenters. The molecule has 1 aromatic carbocycles. The average Bonchev–Trinajstić information content (AvgIpc) is 2.67. The molecule has 0 spiro atoms. The van der Waals surface area contributed by atoms with Crippen LogP contribution in [0.25, 0.3) is 0 Å². The molecule has 0 aromatic heterocycles. The number of esters is 2. The third kappa shape index (κ3) is 6.68. The minimum Gasteiger partial charge on any atom is -0.466 e. The van der Waals surface area contributed by atoms with Crippen molar-refractivity contribution >= 4 is 29.4 Å². The molecule has 2 amide bonds. The van der Waals surface area contributed by atoms with Crippen LogP contribution in [0.5, 0.6) is 0 Å². The molecule has 1 N–H and O–H groups in total. The van der Waals surface area contributed by atoms with E-state index < -0.39 is 5.97 Å². The Bertz CT molecular complexity index is 708. The van der Waals surface area contributed by atoms with Crippen LogP contribution in [-0.2, 0) is 35.1 Å². The fraction of sp³-hybridized carbons (Fsp3) is 0.500. The number of carbonyl (C=O) groups excluding carboxylic acids is 4. The molecule has 1 aromatic rings. The monoisotopic (exact) mass is 390 g/mol. The highest BCUT2D eigenvalue weighted by atomic mass is 16.5.